The van der Waals surface area contributed by atoms with Gasteiger partial charge in [-0.2, -0.15) is 0 Å². The molecule has 53 valence electrons. The van der Waals surface area contributed by atoms with Crippen LogP contribution in [0.15, 0.2) is 24.5 Å². The zero-order valence-electron chi connectivity index (χ0n) is 6.41. The largest absolute Gasteiger partial charge is 0.265 e. The Morgan fingerprint density at radius 2 is 1.90 bits per heavy atom. The summed E-state index contributed by atoms with van der Waals surface area (Å²) in [6.45, 7) is 4.33. The van der Waals surface area contributed by atoms with E-state index in [2.05, 4.69) is 25.3 Å². The average Bonchev–Trinajstić information content (AvgIpc) is 1.88. The van der Waals surface area contributed by atoms with Crippen molar-refractivity contribution in [3.05, 3.63) is 36.5 Å². The Morgan fingerprint density at radius 3 is 2.40 bits per heavy atom. The summed E-state index contributed by atoms with van der Waals surface area (Å²) < 4.78 is 0. The molecule has 0 aromatic carbocycles. The Bertz CT molecular complexity index is 179. The zero-order valence-corrected chi connectivity index (χ0v) is 6.41. The van der Waals surface area contributed by atoms with Crippen LogP contribution in [0.4, 0.5) is 0 Å². The molecule has 1 heteroatoms. The fourth-order valence-corrected chi connectivity index (χ4v) is 0.859. The normalized spacial score (nSPS) is 10.3. The van der Waals surface area contributed by atoms with Gasteiger partial charge in [-0.3, -0.25) is 4.98 Å². The van der Waals surface area contributed by atoms with E-state index in [0.717, 1.165) is 0 Å². The minimum Gasteiger partial charge on any atom is -0.265 e. The van der Waals surface area contributed by atoms with Crippen LogP contribution >= 0.6 is 0 Å². The van der Waals surface area contributed by atoms with Crippen molar-refractivity contribution in [3.63, 3.8) is 0 Å². The number of hydrogen-bond donors (Lipinski definition) is 0. The molecular weight excluding hydrogens is 122 g/mol. The third-order valence-corrected chi connectivity index (χ3v) is 1.23. The molecule has 1 aromatic heterocycles. The van der Waals surface area contributed by atoms with Gasteiger partial charge in [0.1, 0.15) is 0 Å². The van der Waals surface area contributed by atoms with Gasteiger partial charge in [-0.05, 0) is 30.0 Å². The topological polar surface area (TPSA) is 12.9 Å². The first-order valence-corrected chi connectivity index (χ1v) is 3.54. The predicted molar refractivity (Wildman–Crippen MR) is 42.5 cm³/mol. The Labute approximate surface area is 62.1 Å². The lowest BCUT2D eigenvalue weighted by Crippen LogP contribution is -1.89. The van der Waals surface area contributed by atoms with Crippen LogP contribution in [0.1, 0.15) is 19.4 Å². The number of pyridine rings is 1. The second kappa shape index (κ2) is 3.35. The number of rotatable bonds is 2. The van der Waals surface area contributed by atoms with Crippen molar-refractivity contribution in [1.29, 1.82) is 0 Å². The highest BCUT2D eigenvalue weighted by Crippen LogP contribution is 2.07. The maximum absolute atomic E-state index is 3.93. The van der Waals surface area contributed by atoms with Crippen LogP contribution in [0, 0.1) is 12.3 Å². The highest BCUT2D eigenvalue weighted by Gasteiger charge is 1.95. The third-order valence-electron chi connectivity index (χ3n) is 1.23. The summed E-state index contributed by atoms with van der Waals surface area (Å²) in [5, 5.41) is 0. The lowest BCUT2D eigenvalue weighted by molar-refractivity contribution is 0.776. The van der Waals surface area contributed by atoms with E-state index in [1.54, 1.807) is 0 Å². The Kier molecular flexibility index (Phi) is 2.43. The van der Waals surface area contributed by atoms with Crippen LogP contribution in [-0.2, 0) is 0 Å². The fourth-order valence-electron chi connectivity index (χ4n) is 0.859. The standard InChI is InChI=1S/C9H12N/c1-8(2)7-9-3-5-10-6-4-9/h3-8H,1-2H3. The van der Waals surface area contributed by atoms with Crippen molar-refractivity contribution in [2.45, 2.75) is 13.8 Å². The van der Waals surface area contributed by atoms with Crippen LogP contribution in [0.5, 0.6) is 0 Å². The molecule has 1 aromatic rings. The highest BCUT2D eigenvalue weighted by atomic mass is 14.6. The second-order valence-electron chi connectivity index (χ2n) is 2.69. The lowest BCUT2D eigenvalue weighted by atomic mass is 10.0. The van der Waals surface area contributed by atoms with E-state index >= 15 is 0 Å². The predicted octanol–water partition coefficient (Wildman–Crippen LogP) is 2.29. The van der Waals surface area contributed by atoms with E-state index < -0.39 is 0 Å². The summed E-state index contributed by atoms with van der Waals surface area (Å²) in [5.74, 6) is 0.613. The molecule has 0 N–H and O–H groups in total. The van der Waals surface area contributed by atoms with Crippen LogP contribution in [0.2, 0.25) is 0 Å². The lowest BCUT2D eigenvalue weighted by Gasteiger charge is -2.01. The Morgan fingerprint density at radius 1 is 1.30 bits per heavy atom. The molecule has 0 fully saturated rings. The third kappa shape index (κ3) is 2.18. The van der Waals surface area contributed by atoms with Crippen LogP contribution in [-0.4, -0.2) is 4.98 Å². The van der Waals surface area contributed by atoms with Gasteiger partial charge in [0, 0.05) is 12.4 Å². The summed E-state index contributed by atoms with van der Waals surface area (Å²) in [6, 6.07) is 4.03. The van der Waals surface area contributed by atoms with Gasteiger partial charge in [-0.1, -0.05) is 13.8 Å². The SMILES string of the molecule is CC(C)[CH]c1ccncc1. The summed E-state index contributed by atoms with van der Waals surface area (Å²) in [7, 11) is 0. The van der Waals surface area contributed by atoms with Crippen LogP contribution in [0.3, 0.4) is 0 Å². The smallest absolute Gasteiger partial charge is 0.0270 e. The van der Waals surface area contributed by atoms with E-state index in [4.69, 9.17) is 0 Å². The summed E-state index contributed by atoms with van der Waals surface area (Å²) in [4.78, 5) is 3.93. The molecule has 0 spiro atoms. The molecule has 0 bridgehead atoms. The van der Waals surface area contributed by atoms with Crippen molar-refractivity contribution in [2.75, 3.05) is 0 Å². The maximum Gasteiger partial charge on any atom is 0.0270 e. The molecule has 1 nitrogen and oxygen atoms in total. The monoisotopic (exact) mass is 134 g/mol. The first-order valence-electron chi connectivity index (χ1n) is 3.54. The Hall–Kier alpha value is -0.850. The molecule has 1 radical (unpaired) electrons. The number of aromatic nitrogens is 1. The molecule has 0 aliphatic rings. The summed E-state index contributed by atoms with van der Waals surface area (Å²) in [5.41, 5.74) is 1.25. The maximum atomic E-state index is 3.93. The van der Waals surface area contributed by atoms with Gasteiger partial charge in [-0.15, -0.1) is 0 Å². The molecule has 10 heavy (non-hydrogen) atoms. The van der Waals surface area contributed by atoms with Gasteiger partial charge >= 0.3 is 0 Å². The molecule has 0 aliphatic carbocycles. The van der Waals surface area contributed by atoms with Gasteiger partial charge in [0.25, 0.3) is 0 Å². The second-order valence-corrected chi connectivity index (χ2v) is 2.69. The molecule has 0 saturated carbocycles. The van der Waals surface area contributed by atoms with E-state index in [0.29, 0.717) is 5.92 Å². The minimum atomic E-state index is 0.613. The van der Waals surface area contributed by atoms with Crippen LogP contribution < -0.4 is 0 Å². The van der Waals surface area contributed by atoms with Crippen molar-refractivity contribution in [3.8, 4) is 0 Å². The fraction of sp³-hybridized carbons (Fsp3) is 0.333. The van der Waals surface area contributed by atoms with Crippen LogP contribution in [0.25, 0.3) is 0 Å². The molecule has 1 heterocycles. The van der Waals surface area contributed by atoms with Gasteiger partial charge in [0.15, 0.2) is 0 Å². The van der Waals surface area contributed by atoms with Crippen molar-refractivity contribution in [1.82, 2.24) is 4.98 Å². The summed E-state index contributed by atoms with van der Waals surface area (Å²) in [6.07, 6.45) is 5.84. The van der Waals surface area contributed by atoms with E-state index in [1.807, 2.05) is 24.5 Å². The highest BCUT2D eigenvalue weighted by molar-refractivity contribution is 5.19. The van der Waals surface area contributed by atoms with Crippen molar-refractivity contribution < 1.29 is 0 Å². The van der Waals surface area contributed by atoms with Crippen molar-refractivity contribution >= 4 is 0 Å². The Balaban J connectivity index is 2.59. The first-order chi connectivity index (χ1) is 4.79. The summed E-state index contributed by atoms with van der Waals surface area (Å²) >= 11 is 0. The van der Waals surface area contributed by atoms with Gasteiger partial charge in [0.05, 0.1) is 0 Å². The molecule has 0 amide bonds. The molecule has 0 atom stereocenters. The van der Waals surface area contributed by atoms with Gasteiger partial charge in [-0.25, -0.2) is 0 Å². The minimum absolute atomic E-state index is 0.613. The molecule has 0 unspecified atom stereocenters. The average molecular weight is 134 g/mol. The van der Waals surface area contributed by atoms with E-state index in [1.165, 1.54) is 5.56 Å². The molecule has 0 aliphatic heterocycles. The van der Waals surface area contributed by atoms with Gasteiger partial charge in [0.2, 0.25) is 0 Å². The molecule has 1 rings (SSSR count). The van der Waals surface area contributed by atoms with Gasteiger partial charge < -0.3 is 0 Å². The van der Waals surface area contributed by atoms with Crippen molar-refractivity contribution in [2.24, 2.45) is 5.92 Å². The van der Waals surface area contributed by atoms with E-state index in [9.17, 15) is 0 Å². The number of hydrogen-bond acceptors (Lipinski definition) is 1. The molecule has 0 saturated heterocycles. The first kappa shape index (κ1) is 7.26. The number of nitrogens with zero attached hydrogens (tertiary/aromatic N) is 1. The quantitative estimate of drug-likeness (QED) is 0.604. The zero-order chi connectivity index (χ0) is 7.40. The van der Waals surface area contributed by atoms with E-state index in [-0.39, 0.29) is 0 Å². The molecular formula is C9H12N.